The molecule has 1 aromatic rings. The lowest BCUT2D eigenvalue weighted by molar-refractivity contribution is -0.389. The summed E-state index contributed by atoms with van der Waals surface area (Å²) in [6.45, 7) is 4.38. The lowest BCUT2D eigenvalue weighted by atomic mass is 10.00. The number of carbonyl (C=O) groups is 2. The standard InChI is InChI=1S/C13H15N3O6/c1-4-7-11(17)15(13(2,3)12(18)19)10-8(22-7)5-6-9(14-10)16(20)21/h5-7H,4H2,1-3H3,(H,18,19). The van der Waals surface area contributed by atoms with Gasteiger partial charge in [-0.25, -0.2) is 4.79 Å². The molecule has 2 heterocycles. The van der Waals surface area contributed by atoms with Gasteiger partial charge in [0.1, 0.15) is 5.54 Å². The number of fused-ring (bicyclic) bond motifs is 1. The Kier molecular flexibility index (Phi) is 3.74. The third kappa shape index (κ3) is 2.34. The van der Waals surface area contributed by atoms with Crippen LogP contribution in [0.15, 0.2) is 12.1 Å². The van der Waals surface area contributed by atoms with Crippen LogP contribution in [0.5, 0.6) is 5.75 Å². The molecule has 9 heteroatoms. The number of rotatable bonds is 4. The zero-order valence-corrected chi connectivity index (χ0v) is 12.3. The van der Waals surface area contributed by atoms with Crippen molar-refractivity contribution in [2.45, 2.75) is 38.8 Å². The smallest absolute Gasteiger partial charge is 0.366 e. The van der Waals surface area contributed by atoms with Crippen LogP contribution < -0.4 is 9.64 Å². The molecular formula is C13H15N3O6. The molecule has 1 unspecified atom stereocenters. The van der Waals surface area contributed by atoms with E-state index < -0.39 is 34.3 Å². The number of amides is 1. The lowest BCUT2D eigenvalue weighted by Crippen LogP contribution is -2.59. The monoisotopic (exact) mass is 309 g/mol. The zero-order valence-electron chi connectivity index (χ0n) is 12.3. The van der Waals surface area contributed by atoms with Crippen molar-refractivity contribution in [2.24, 2.45) is 0 Å². The van der Waals surface area contributed by atoms with Gasteiger partial charge in [0.2, 0.25) is 0 Å². The normalized spacial score (nSPS) is 17.7. The molecule has 0 spiro atoms. The first-order chi connectivity index (χ1) is 10.2. The summed E-state index contributed by atoms with van der Waals surface area (Å²) in [5.74, 6) is -2.34. The van der Waals surface area contributed by atoms with Gasteiger partial charge in [-0.05, 0) is 36.2 Å². The van der Waals surface area contributed by atoms with E-state index in [4.69, 9.17) is 4.74 Å². The molecule has 1 atom stereocenters. The summed E-state index contributed by atoms with van der Waals surface area (Å²) in [6.07, 6.45) is -0.518. The third-order valence-electron chi connectivity index (χ3n) is 3.44. The van der Waals surface area contributed by atoms with E-state index in [1.807, 2.05) is 0 Å². The van der Waals surface area contributed by atoms with Crippen LogP contribution in [0.2, 0.25) is 0 Å². The number of pyridine rings is 1. The highest BCUT2D eigenvalue weighted by molar-refractivity contribution is 6.05. The van der Waals surface area contributed by atoms with Crippen LogP contribution in [0.1, 0.15) is 27.2 Å². The molecule has 0 aliphatic carbocycles. The molecule has 1 aliphatic rings. The maximum absolute atomic E-state index is 12.5. The van der Waals surface area contributed by atoms with Gasteiger partial charge in [-0.2, -0.15) is 0 Å². The minimum Gasteiger partial charge on any atom is -0.480 e. The fourth-order valence-electron chi connectivity index (χ4n) is 2.13. The highest BCUT2D eigenvalue weighted by Gasteiger charge is 2.49. The van der Waals surface area contributed by atoms with E-state index in [1.165, 1.54) is 19.9 Å². The average molecular weight is 309 g/mol. The van der Waals surface area contributed by atoms with Gasteiger partial charge in [-0.3, -0.25) is 9.69 Å². The van der Waals surface area contributed by atoms with Crippen molar-refractivity contribution in [3.63, 3.8) is 0 Å². The van der Waals surface area contributed by atoms with Gasteiger partial charge in [0.15, 0.2) is 11.9 Å². The van der Waals surface area contributed by atoms with E-state index in [1.54, 1.807) is 6.92 Å². The largest absolute Gasteiger partial charge is 0.480 e. The Morgan fingerprint density at radius 2 is 2.18 bits per heavy atom. The van der Waals surface area contributed by atoms with E-state index in [0.29, 0.717) is 6.42 Å². The van der Waals surface area contributed by atoms with Gasteiger partial charge in [-0.1, -0.05) is 6.92 Å². The summed E-state index contributed by atoms with van der Waals surface area (Å²) in [4.78, 5) is 38.8. The molecule has 2 rings (SSSR count). The Labute approximate surface area is 125 Å². The third-order valence-corrected chi connectivity index (χ3v) is 3.44. The first-order valence-electron chi connectivity index (χ1n) is 6.59. The summed E-state index contributed by atoms with van der Waals surface area (Å²) in [6, 6.07) is 2.47. The number of nitrogens with zero attached hydrogens (tertiary/aromatic N) is 3. The fraction of sp³-hybridized carbons (Fsp3) is 0.462. The van der Waals surface area contributed by atoms with E-state index in [9.17, 15) is 24.8 Å². The number of hydrogen-bond donors (Lipinski definition) is 1. The van der Waals surface area contributed by atoms with Crippen LogP contribution >= 0.6 is 0 Å². The number of anilines is 1. The highest BCUT2D eigenvalue weighted by Crippen LogP contribution is 2.38. The van der Waals surface area contributed by atoms with Gasteiger partial charge in [-0.15, -0.1) is 0 Å². The van der Waals surface area contributed by atoms with Crippen molar-refractivity contribution in [2.75, 3.05) is 4.90 Å². The van der Waals surface area contributed by atoms with Crippen LogP contribution in [0.4, 0.5) is 11.6 Å². The average Bonchev–Trinajstić information content (AvgIpc) is 2.45. The van der Waals surface area contributed by atoms with E-state index in [0.717, 1.165) is 11.0 Å². The molecule has 1 aromatic heterocycles. The first-order valence-corrected chi connectivity index (χ1v) is 6.59. The highest BCUT2D eigenvalue weighted by atomic mass is 16.6. The topological polar surface area (TPSA) is 123 Å². The summed E-state index contributed by atoms with van der Waals surface area (Å²) < 4.78 is 5.46. The number of aromatic nitrogens is 1. The molecule has 118 valence electrons. The Hall–Kier alpha value is -2.71. The van der Waals surface area contributed by atoms with Gasteiger partial charge < -0.3 is 20.0 Å². The second-order valence-corrected chi connectivity index (χ2v) is 5.30. The Morgan fingerprint density at radius 1 is 1.55 bits per heavy atom. The van der Waals surface area contributed by atoms with Gasteiger partial charge in [0, 0.05) is 6.07 Å². The molecule has 0 radical (unpaired) electrons. The maximum Gasteiger partial charge on any atom is 0.366 e. The number of nitro groups is 1. The number of carbonyl (C=O) groups excluding carboxylic acids is 1. The fourth-order valence-corrected chi connectivity index (χ4v) is 2.13. The summed E-state index contributed by atoms with van der Waals surface area (Å²) in [5, 5.41) is 20.2. The molecule has 0 saturated heterocycles. The van der Waals surface area contributed by atoms with Crippen LogP contribution in [-0.4, -0.2) is 38.5 Å². The Balaban J connectivity index is 2.65. The molecule has 0 fully saturated rings. The van der Waals surface area contributed by atoms with E-state index >= 15 is 0 Å². The van der Waals surface area contributed by atoms with E-state index in [-0.39, 0.29) is 11.6 Å². The second kappa shape index (κ2) is 5.24. The summed E-state index contributed by atoms with van der Waals surface area (Å²) in [5.41, 5.74) is -1.62. The number of ether oxygens (including phenoxy) is 1. The lowest BCUT2D eigenvalue weighted by Gasteiger charge is -2.38. The molecule has 0 saturated carbocycles. The molecule has 1 aliphatic heterocycles. The summed E-state index contributed by atoms with van der Waals surface area (Å²) in [7, 11) is 0. The van der Waals surface area contributed by atoms with Crippen molar-refractivity contribution in [1.82, 2.24) is 4.98 Å². The summed E-state index contributed by atoms with van der Waals surface area (Å²) >= 11 is 0. The number of carboxylic acids is 1. The second-order valence-electron chi connectivity index (χ2n) is 5.30. The zero-order chi connectivity index (χ0) is 16.7. The van der Waals surface area contributed by atoms with Gasteiger partial charge >= 0.3 is 11.8 Å². The predicted octanol–water partition coefficient (Wildman–Crippen LogP) is 1.36. The maximum atomic E-state index is 12.5. The van der Waals surface area contributed by atoms with Crippen LogP contribution in [-0.2, 0) is 9.59 Å². The molecule has 1 amide bonds. The van der Waals surface area contributed by atoms with Crippen molar-refractivity contribution in [3.8, 4) is 5.75 Å². The van der Waals surface area contributed by atoms with Crippen LogP contribution in [0.3, 0.4) is 0 Å². The van der Waals surface area contributed by atoms with Crippen molar-refractivity contribution in [1.29, 1.82) is 0 Å². The minimum atomic E-state index is -1.62. The van der Waals surface area contributed by atoms with Crippen LogP contribution in [0, 0.1) is 10.1 Å². The predicted molar refractivity (Wildman–Crippen MR) is 74.8 cm³/mol. The number of aliphatic carboxylic acids is 1. The SMILES string of the molecule is CCC1Oc2ccc([N+](=O)[O-])nc2N(C(C)(C)C(=O)O)C1=O. The number of carboxylic acid groups (broad SMARTS) is 1. The van der Waals surface area contributed by atoms with Crippen molar-refractivity contribution in [3.05, 3.63) is 22.2 Å². The Morgan fingerprint density at radius 3 is 2.68 bits per heavy atom. The van der Waals surface area contributed by atoms with Crippen molar-refractivity contribution >= 4 is 23.5 Å². The molecular weight excluding hydrogens is 294 g/mol. The van der Waals surface area contributed by atoms with E-state index in [2.05, 4.69) is 4.98 Å². The van der Waals surface area contributed by atoms with Crippen molar-refractivity contribution < 1.29 is 24.4 Å². The Bertz CT molecular complexity index is 657. The molecule has 9 nitrogen and oxygen atoms in total. The molecule has 0 aromatic carbocycles. The van der Waals surface area contributed by atoms with Crippen LogP contribution in [0.25, 0.3) is 0 Å². The molecule has 22 heavy (non-hydrogen) atoms. The number of hydrogen-bond acceptors (Lipinski definition) is 6. The quantitative estimate of drug-likeness (QED) is 0.657. The minimum absolute atomic E-state index is 0.145. The molecule has 1 N–H and O–H groups in total. The van der Waals surface area contributed by atoms with Gasteiger partial charge in [0.05, 0.1) is 0 Å². The first kappa shape index (κ1) is 15.7. The molecule has 0 bridgehead atoms. The van der Waals surface area contributed by atoms with Gasteiger partial charge in [0.25, 0.3) is 11.7 Å².